The summed E-state index contributed by atoms with van der Waals surface area (Å²) in [7, 11) is 1.74. The number of para-hydroxylation sites is 2. The molecule has 0 unspecified atom stereocenters. The van der Waals surface area contributed by atoms with Crippen molar-refractivity contribution in [2.45, 2.75) is 26.1 Å². The molecule has 0 bridgehead atoms. The van der Waals surface area contributed by atoms with Crippen molar-refractivity contribution in [3.63, 3.8) is 0 Å². The number of nitrogens with one attached hydrogen (secondary N) is 1. The summed E-state index contributed by atoms with van der Waals surface area (Å²) in [6, 6.07) is 13.9. The zero-order valence-corrected chi connectivity index (χ0v) is 16.8. The number of anilines is 2. The molecule has 0 saturated heterocycles. The SMILES string of the molecule is C[C@H]1CC(=O)Nc2ccccc2N1C(=O)CN(C)Cn1nnc2ccccc2c1=O. The fourth-order valence-electron chi connectivity index (χ4n) is 3.67. The predicted molar refractivity (Wildman–Crippen MR) is 113 cm³/mol. The van der Waals surface area contributed by atoms with Crippen LogP contribution in [0.3, 0.4) is 0 Å². The number of carbonyl (C=O) groups is 2. The third-order valence-electron chi connectivity index (χ3n) is 5.04. The Kier molecular flexibility index (Phi) is 5.28. The van der Waals surface area contributed by atoms with Crippen LogP contribution in [0, 0.1) is 0 Å². The van der Waals surface area contributed by atoms with Gasteiger partial charge in [0.05, 0.1) is 30.0 Å². The van der Waals surface area contributed by atoms with Gasteiger partial charge in [-0.25, -0.2) is 0 Å². The van der Waals surface area contributed by atoms with Crippen molar-refractivity contribution in [1.82, 2.24) is 19.9 Å². The van der Waals surface area contributed by atoms with Crippen molar-refractivity contribution in [3.8, 4) is 0 Å². The second-order valence-electron chi connectivity index (χ2n) is 7.45. The summed E-state index contributed by atoms with van der Waals surface area (Å²) in [5, 5.41) is 11.4. The summed E-state index contributed by atoms with van der Waals surface area (Å²) in [5.74, 6) is -0.299. The van der Waals surface area contributed by atoms with Gasteiger partial charge in [-0.05, 0) is 38.2 Å². The van der Waals surface area contributed by atoms with Crippen LogP contribution in [-0.4, -0.2) is 51.3 Å². The average molecular weight is 406 g/mol. The fraction of sp³-hybridized carbons (Fsp3) is 0.286. The first-order valence-electron chi connectivity index (χ1n) is 9.66. The fourth-order valence-corrected chi connectivity index (χ4v) is 3.67. The van der Waals surface area contributed by atoms with Crippen LogP contribution in [0.25, 0.3) is 10.9 Å². The van der Waals surface area contributed by atoms with Gasteiger partial charge in [-0.3, -0.25) is 19.3 Å². The second kappa shape index (κ2) is 8.03. The van der Waals surface area contributed by atoms with Crippen LogP contribution in [0.4, 0.5) is 11.4 Å². The summed E-state index contributed by atoms with van der Waals surface area (Å²) in [6.45, 7) is 2.01. The van der Waals surface area contributed by atoms with Crippen molar-refractivity contribution < 1.29 is 9.59 Å². The van der Waals surface area contributed by atoms with Gasteiger partial charge in [0.25, 0.3) is 5.56 Å². The Balaban J connectivity index is 1.54. The molecule has 154 valence electrons. The normalized spacial score (nSPS) is 16.3. The molecule has 2 amide bonds. The molecule has 0 radical (unpaired) electrons. The molecule has 3 aromatic rings. The van der Waals surface area contributed by atoms with E-state index in [1.54, 1.807) is 47.2 Å². The van der Waals surface area contributed by atoms with E-state index < -0.39 is 0 Å². The molecule has 1 aliphatic heterocycles. The number of aromatic nitrogens is 3. The highest BCUT2D eigenvalue weighted by molar-refractivity contribution is 6.04. The smallest absolute Gasteiger partial charge is 0.278 e. The van der Waals surface area contributed by atoms with Crippen LogP contribution in [-0.2, 0) is 16.3 Å². The third kappa shape index (κ3) is 3.79. The Morgan fingerprint density at radius 1 is 1.17 bits per heavy atom. The first kappa shape index (κ1) is 19.7. The van der Waals surface area contributed by atoms with Crippen LogP contribution in [0.1, 0.15) is 13.3 Å². The Labute approximate surface area is 172 Å². The van der Waals surface area contributed by atoms with Gasteiger partial charge in [0.2, 0.25) is 11.8 Å². The second-order valence-corrected chi connectivity index (χ2v) is 7.45. The van der Waals surface area contributed by atoms with Crippen molar-refractivity contribution in [2.75, 3.05) is 23.8 Å². The standard InChI is InChI=1S/C21H22N6O3/c1-14-11-19(28)22-17-9-5-6-10-18(17)27(14)20(29)12-25(2)13-26-21(30)15-7-3-4-8-16(15)23-24-26/h3-10,14H,11-13H2,1-2H3,(H,22,28)/t14-/m0/s1. The molecule has 1 aromatic heterocycles. The lowest BCUT2D eigenvalue weighted by Gasteiger charge is -2.29. The van der Waals surface area contributed by atoms with E-state index in [0.29, 0.717) is 22.3 Å². The molecule has 2 aromatic carbocycles. The van der Waals surface area contributed by atoms with Crippen molar-refractivity contribution in [1.29, 1.82) is 0 Å². The quantitative estimate of drug-likeness (QED) is 0.704. The molecule has 1 N–H and O–H groups in total. The zero-order chi connectivity index (χ0) is 21.3. The van der Waals surface area contributed by atoms with E-state index in [0.717, 1.165) is 0 Å². The lowest BCUT2D eigenvalue weighted by molar-refractivity contribution is -0.120. The number of fused-ring (bicyclic) bond motifs is 2. The first-order chi connectivity index (χ1) is 14.4. The summed E-state index contributed by atoms with van der Waals surface area (Å²) < 4.78 is 1.24. The number of likely N-dealkylation sites (N-methyl/N-ethyl adjacent to an activating group) is 1. The lowest BCUT2D eigenvalue weighted by Crippen LogP contribution is -2.45. The Morgan fingerprint density at radius 2 is 1.90 bits per heavy atom. The molecular formula is C21H22N6O3. The van der Waals surface area contributed by atoms with E-state index in [9.17, 15) is 14.4 Å². The minimum atomic E-state index is -0.294. The molecule has 0 saturated carbocycles. The minimum Gasteiger partial charge on any atom is -0.324 e. The molecule has 2 heterocycles. The molecule has 9 heteroatoms. The molecule has 4 rings (SSSR count). The van der Waals surface area contributed by atoms with Gasteiger partial charge < -0.3 is 10.2 Å². The molecular weight excluding hydrogens is 384 g/mol. The summed E-state index contributed by atoms with van der Waals surface area (Å²) in [4.78, 5) is 41.2. The van der Waals surface area contributed by atoms with Crippen molar-refractivity contribution in [2.24, 2.45) is 0 Å². The Hall–Kier alpha value is -3.59. The minimum absolute atomic E-state index is 0.0494. The number of nitrogens with zero attached hydrogens (tertiary/aromatic N) is 5. The van der Waals surface area contributed by atoms with E-state index in [1.165, 1.54) is 4.68 Å². The van der Waals surface area contributed by atoms with Gasteiger partial charge in [-0.2, -0.15) is 4.68 Å². The maximum absolute atomic E-state index is 13.2. The molecule has 0 fully saturated rings. The van der Waals surface area contributed by atoms with E-state index in [2.05, 4.69) is 15.6 Å². The summed E-state index contributed by atoms with van der Waals surface area (Å²) in [5.41, 5.74) is 1.55. The maximum Gasteiger partial charge on any atom is 0.278 e. The van der Waals surface area contributed by atoms with Gasteiger partial charge >= 0.3 is 0 Å². The molecule has 1 aliphatic rings. The largest absolute Gasteiger partial charge is 0.324 e. The number of benzene rings is 2. The third-order valence-corrected chi connectivity index (χ3v) is 5.04. The van der Waals surface area contributed by atoms with Crippen molar-refractivity contribution >= 4 is 34.1 Å². The Bertz CT molecular complexity index is 1170. The van der Waals surface area contributed by atoms with Crippen LogP contribution in [0.2, 0.25) is 0 Å². The van der Waals surface area contributed by atoms with Crippen LogP contribution < -0.4 is 15.8 Å². The molecule has 9 nitrogen and oxygen atoms in total. The average Bonchev–Trinajstić information content (AvgIpc) is 2.84. The van der Waals surface area contributed by atoms with Crippen LogP contribution in [0.15, 0.2) is 53.3 Å². The summed E-state index contributed by atoms with van der Waals surface area (Å²) in [6.07, 6.45) is 0.208. The van der Waals surface area contributed by atoms with Gasteiger partial charge in [-0.15, -0.1) is 5.10 Å². The topological polar surface area (TPSA) is 100 Å². The van der Waals surface area contributed by atoms with Gasteiger partial charge in [0.15, 0.2) is 0 Å². The van der Waals surface area contributed by atoms with Crippen molar-refractivity contribution in [3.05, 3.63) is 58.9 Å². The van der Waals surface area contributed by atoms with Crippen LogP contribution >= 0.6 is 0 Å². The molecule has 1 atom stereocenters. The molecule has 30 heavy (non-hydrogen) atoms. The molecule has 0 aliphatic carbocycles. The van der Waals surface area contributed by atoms with E-state index >= 15 is 0 Å². The summed E-state index contributed by atoms with van der Waals surface area (Å²) >= 11 is 0. The number of carbonyl (C=O) groups excluding carboxylic acids is 2. The van der Waals surface area contributed by atoms with Gasteiger partial charge in [-0.1, -0.05) is 29.5 Å². The highest BCUT2D eigenvalue weighted by atomic mass is 16.2. The van der Waals surface area contributed by atoms with Gasteiger partial charge in [0, 0.05) is 12.5 Å². The number of amides is 2. The molecule has 0 spiro atoms. The van der Waals surface area contributed by atoms with Crippen LogP contribution in [0.5, 0.6) is 0 Å². The highest BCUT2D eigenvalue weighted by Gasteiger charge is 2.30. The zero-order valence-electron chi connectivity index (χ0n) is 16.8. The predicted octanol–water partition coefficient (Wildman–Crippen LogP) is 1.44. The van der Waals surface area contributed by atoms with E-state index in [1.807, 2.05) is 25.1 Å². The van der Waals surface area contributed by atoms with E-state index in [-0.39, 0.29) is 43.0 Å². The number of hydrogen-bond acceptors (Lipinski definition) is 6. The maximum atomic E-state index is 13.2. The lowest BCUT2D eigenvalue weighted by atomic mass is 10.1. The van der Waals surface area contributed by atoms with E-state index in [4.69, 9.17) is 0 Å². The number of hydrogen-bond donors (Lipinski definition) is 1. The first-order valence-corrected chi connectivity index (χ1v) is 9.66. The highest BCUT2D eigenvalue weighted by Crippen LogP contribution is 2.31. The monoisotopic (exact) mass is 406 g/mol. The van der Waals surface area contributed by atoms with Gasteiger partial charge in [0.1, 0.15) is 5.52 Å². The number of rotatable bonds is 4. The Morgan fingerprint density at radius 3 is 2.73 bits per heavy atom.